The Morgan fingerprint density at radius 3 is 3.00 bits per heavy atom. The lowest BCUT2D eigenvalue weighted by molar-refractivity contribution is 0.321. The number of aromatic nitrogens is 1. The van der Waals surface area contributed by atoms with Gasteiger partial charge < -0.3 is 14.6 Å². The van der Waals surface area contributed by atoms with Crippen LogP contribution in [0.25, 0.3) is 11.1 Å². The maximum atomic E-state index is 5.47. The SMILES string of the molecule is CNCCCN(C)Cc1ccc2oc(C)nc2c1. The number of hydrogen-bond acceptors (Lipinski definition) is 4. The van der Waals surface area contributed by atoms with Crippen molar-refractivity contribution in [2.24, 2.45) is 0 Å². The van der Waals surface area contributed by atoms with E-state index < -0.39 is 0 Å². The summed E-state index contributed by atoms with van der Waals surface area (Å²) in [4.78, 5) is 6.69. The molecule has 0 aliphatic rings. The van der Waals surface area contributed by atoms with Crippen LogP contribution in [0.1, 0.15) is 17.9 Å². The lowest BCUT2D eigenvalue weighted by Gasteiger charge is -2.16. The predicted molar refractivity (Wildman–Crippen MR) is 73.6 cm³/mol. The fourth-order valence-electron chi connectivity index (χ4n) is 2.10. The van der Waals surface area contributed by atoms with Gasteiger partial charge in [0.1, 0.15) is 5.52 Å². The summed E-state index contributed by atoms with van der Waals surface area (Å²) in [6.07, 6.45) is 1.16. The molecule has 0 radical (unpaired) electrons. The van der Waals surface area contributed by atoms with Crippen LogP contribution in [0.3, 0.4) is 0 Å². The van der Waals surface area contributed by atoms with E-state index in [9.17, 15) is 0 Å². The Balaban J connectivity index is 1.98. The molecule has 2 aromatic rings. The van der Waals surface area contributed by atoms with Gasteiger partial charge in [0.15, 0.2) is 11.5 Å². The largest absolute Gasteiger partial charge is 0.441 e. The quantitative estimate of drug-likeness (QED) is 0.794. The third-order valence-corrected chi connectivity index (χ3v) is 2.98. The Morgan fingerprint density at radius 1 is 1.39 bits per heavy atom. The molecule has 18 heavy (non-hydrogen) atoms. The zero-order valence-electron chi connectivity index (χ0n) is 11.4. The number of aryl methyl sites for hydroxylation is 1. The third-order valence-electron chi connectivity index (χ3n) is 2.98. The Hall–Kier alpha value is -1.39. The fraction of sp³-hybridized carbons (Fsp3) is 0.500. The van der Waals surface area contributed by atoms with Crippen LogP contribution in [0.15, 0.2) is 22.6 Å². The molecule has 98 valence electrons. The van der Waals surface area contributed by atoms with E-state index in [1.165, 1.54) is 5.56 Å². The van der Waals surface area contributed by atoms with Crippen molar-refractivity contribution < 1.29 is 4.42 Å². The second-order valence-corrected chi connectivity index (χ2v) is 4.73. The summed E-state index contributed by atoms with van der Waals surface area (Å²) in [7, 11) is 4.13. The van der Waals surface area contributed by atoms with E-state index in [4.69, 9.17) is 4.42 Å². The van der Waals surface area contributed by atoms with Gasteiger partial charge in [-0.05, 0) is 51.3 Å². The summed E-state index contributed by atoms with van der Waals surface area (Å²) in [5, 5.41) is 3.16. The number of fused-ring (bicyclic) bond motifs is 1. The van der Waals surface area contributed by atoms with E-state index in [1.54, 1.807) is 0 Å². The summed E-state index contributed by atoms with van der Waals surface area (Å²) in [6, 6.07) is 6.23. The van der Waals surface area contributed by atoms with Crippen LogP contribution < -0.4 is 5.32 Å². The van der Waals surface area contributed by atoms with E-state index in [0.717, 1.165) is 43.0 Å². The van der Waals surface area contributed by atoms with Gasteiger partial charge in [-0.2, -0.15) is 0 Å². The number of nitrogens with zero attached hydrogens (tertiary/aromatic N) is 2. The Morgan fingerprint density at radius 2 is 2.22 bits per heavy atom. The fourth-order valence-corrected chi connectivity index (χ4v) is 2.10. The van der Waals surface area contributed by atoms with Gasteiger partial charge in [0.25, 0.3) is 0 Å². The Labute approximate surface area is 108 Å². The van der Waals surface area contributed by atoms with E-state index in [1.807, 2.05) is 20.0 Å². The minimum absolute atomic E-state index is 0.726. The summed E-state index contributed by atoms with van der Waals surface area (Å²) in [5.74, 6) is 0.726. The predicted octanol–water partition coefficient (Wildman–Crippen LogP) is 2.18. The van der Waals surface area contributed by atoms with E-state index >= 15 is 0 Å². The van der Waals surface area contributed by atoms with E-state index in [2.05, 4.69) is 34.4 Å². The van der Waals surface area contributed by atoms with Gasteiger partial charge in [-0.1, -0.05) is 6.07 Å². The normalized spacial score (nSPS) is 11.6. The minimum atomic E-state index is 0.726. The molecule has 0 spiro atoms. The number of rotatable bonds is 6. The number of benzene rings is 1. The minimum Gasteiger partial charge on any atom is -0.441 e. The maximum absolute atomic E-state index is 5.47. The maximum Gasteiger partial charge on any atom is 0.192 e. The summed E-state index contributed by atoms with van der Waals surface area (Å²) in [6.45, 7) is 4.98. The van der Waals surface area contributed by atoms with Crippen molar-refractivity contribution in [3.63, 3.8) is 0 Å². The molecule has 0 aliphatic heterocycles. The first-order valence-corrected chi connectivity index (χ1v) is 6.38. The molecule has 0 unspecified atom stereocenters. The highest BCUT2D eigenvalue weighted by atomic mass is 16.3. The van der Waals surface area contributed by atoms with E-state index in [0.29, 0.717) is 0 Å². The molecule has 4 heteroatoms. The molecule has 0 bridgehead atoms. The highest BCUT2D eigenvalue weighted by Gasteiger charge is 2.05. The van der Waals surface area contributed by atoms with Crippen molar-refractivity contribution in [1.82, 2.24) is 15.2 Å². The summed E-state index contributed by atoms with van der Waals surface area (Å²) in [5.41, 5.74) is 3.10. The van der Waals surface area contributed by atoms with Crippen molar-refractivity contribution in [3.8, 4) is 0 Å². The molecule has 1 aromatic carbocycles. The molecule has 0 aliphatic carbocycles. The van der Waals surface area contributed by atoms with Crippen molar-refractivity contribution in [1.29, 1.82) is 0 Å². The second-order valence-electron chi connectivity index (χ2n) is 4.73. The van der Waals surface area contributed by atoms with Crippen LogP contribution >= 0.6 is 0 Å². The van der Waals surface area contributed by atoms with Gasteiger partial charge in [0.2, 0.25) is 0 Å². The van der Waals surface area contributed by atoms with Crippen LogP contribution in [0.5, 0.6) is 0 Å². The monoisotopic (exact) mass is 247 g/mol. The average Bonchev–Trinajstić information content (AvgIpc) is 2.69. The Bertz CT molecular complexity index is 507. The van der Waals surface area contributed by atoms with Gasteiger partial charge in [0, 0.05) is 13.5 Å². The van der Waals surface area contributed by atoms with E-state index in [-0.39, 0.29) is 0 Å². The van der Waals surface area contributed by atoms with Crippen LogP contribution in [-0.4, -0.2) is 37.1 Å². The number of oxazole rings is 1. The van der Waals surface area contributed by atoms with Crippen molar-refractivity contribution in [2.75, 3.05) is 27.2 Å². The molecular weight excluding hydrogens is 226 g/mol. The van der Waals surface area contributed by atoms with Crippen LogP contribution in [0.4, 0.5) is 0 Å². The third kappa shape index (κ3) is 3.31. The molecule has 0 fully saturated rings. The van der Waals surface area contributed by atoms with Gasteiger partial charge >= 0.3 is 0 Å². The Kier molecular flexibility index (Phi) is 4.33. The second kappa shape index (κ2) is 5.98. The van der Waals surface area contributed by atoms with Crippen molar-refractivity contribution >= 4 is 11.1 Å². The first-order valence-electron chi connectivity index (χ1n) is 6.38. The molecule has 0 amide bonds. The molecule has 1 aromatic heterocycles. The first-order chi connectivity index (χ1) is 8.69. The van der Waals surface area contributed by atoms with Crippen molar-refractivity contribution in [3.05, 3.63) is 29.7 Å². The molecule has 0 saturated carbocycles. The average molecular weight is 247 g/mol. The van der Waals surface area contributed by atoms with Crippen LogP contribution in [-0.2, 0) is 6.54 Å². The molecule has 0 atom stereocenters. The van der Waals surface area contributed by atoms with Gasteiger partial charge in [-0.25, -0.2) is 4.98 Å². The highest BCUT2D eigenvalue weighted by Crippen LogP contribution is 2.17. The molecule has 1 N–H and O–H groups in total. The topological polar surface area (TPSA) is 41.3 Å². The molecule has 1 heterocycles. The highest BCUT2D eigenvalue weighted by molar-refractivity contribution is 5.73. The lowest BCUT2D eigenvalue weighted by Crippen LogP contribution is -2.22. The summed E-state index contributed by atoms with van der Waals surface area (Å²) < 4.78 is 5.47. The molecule has 0 saturated heterocycles. The lowest BCUT2D eigenvalue weighted by atomic mass is 10.2. The van der Waals surface area contributed by atoms with Crippen LogP contribution in [0.2, 0.25) is 0 Å². The first kappa shape index (κ1) is 13.1. The standard InChI is InChI=1S/C14H21N3O/c1-11-16-13-9-12(5-6-14(13)18-11)10-17(3)8-4-7-15-2/h5-6,9,15H,4,7-8,10H2,1-3H3. The zero-order chi connectivity index (χ0) is 13.0. The summed E-state index contributed by atoms with van der Waals surface area (Å²) >= 11 is 0. The number of hydrogen-bond donors (Lipinski definition) is 1. The number of nitrogens with one attached hydrogen (secondary N) is 1. The zero-order valence-corrected chi connectivity index (χ0v) is 11.4. The van der Waals surface area contributed by atoms with Crippen LogP contribution in [0, 0.1) is 6.92 Å². The smallest absolute Gasteiger partial charge is 0.192 e. The van der Waals surface area contributed by atoms with Gasteiger partial charge in [0.05, 0.1) is 0 Å². The van der Waals surface area contributed by atoms with Crippen molar-refractivity contribution in [2.45, 2.75) is 19.9 Å². The van der Waals surface area contributed by atoms with Gasteiger partial charge in [-0.3, -0.25) is 0 Å². The molecule has 2 rings (SSSR count). The molecule has 4 nitrogen and oxygen atoms in total. The van der Waals surface area contributed by atoms with Gasteiger partial charge in [-0.15, -0.1) is 0 Å². The molecular formula is C14H21N3O.